The van der Waals surface area contributed by atoms with Crippen LogP contribution in [0, 0.1) is 0 Å². The van der Waals surface area contributed by atoms with Crippen LogP contribution in [0.1, 0.15) is 30.5 Å². The van der Waals surface area contributed by atoms with Crippen LogP contribution in [0.3, 0.4) is 0 Å². The first kappa shape index (κ1) is 17.6. The Bertz CT molecular complexity index is 829. The lowest BCUT2D eigenvalue weighted by molar-refractivity contribution is -0.121. The first-order valence-electron chi connectivity index (χ1n) is 8.45. The summed E-state index contributed by atoms with van der Waals surface area (Å²) in [6.45, 7) is 2.05. The van der Waals surface area contributed by atoms with Crippen molar-refractivity contribution < 1.29 is 9.53 Å². The highest BCUT2D eigenvalue weighted by atomic mass is 16.5. The van der Waals surface area contributed by atoms with E-state index in [1.165, 1.54) is 6.33 Å². The molecule has 0 fully saturated rings. The normalized spacial score (nSPS) is 11.8. The molecule has 0 bridgehead atoms. The van der Waals surface area contributed by atoms with Crippen LogP contribution in [0.2, 0.25) is 0 Å². The number of carbonyl (C=O) groups excluding carboxylic acids is 1. The van der Waals surface area contributed by atoms with Gasteiger partial charge in [-0.05, 0) is 52.2 Å². The van der Waals surface area contributed by atoms with E-state index in [0.29, 0.717) is 6.42 Å². The number of tetrazole rings is 1. The zero-order chi connectivity index (χ0) is 18.4. The number of hydrogen-bond donors (Lipinski definition) is 1. The van der Waals surface area contributed by atoms with Gasteiger partial charge in [0, 0.05) is 0 Å². The highest BCUT2D eigenvalue weighted by molar-refractivity contribution is 5.79. The van der Waals surface area contributed by atoms with E-state index in [9.17, 15) is 4.79 Å². The standard InChI is InChI=1S/C19H21N5O2/c1-3-18(15-6-10-17(26-2)11-7-15)21-19(25)12-14-4-8-16(9-5-14)24-13-20-22-23-24/h4-11,13,18H,3,12H2,1-2H3,(H,21,25). The number of amides is 1. The van der Waals surface area contributed by atoms with E-state index in [-0.39, 0.29) is 11.9 Å². The fourth-order valence-corrected chi connectivity index (χ4v) is 2.73. The largest absolute Gasteiger partial charge is 0.497 e. The second kappa shape index (κ2) is 8.24. The maximum absolute atomic E-state index is 12.4. The molecule has 1 amide bonds. The average molecular weight is 351 g/mol. The molecule has 7 heteroatoms. The molecule has 0 saturated carbocycles. The van der Waals surface area contributed by atoms with E-state index < -0.39 is 0 Å². The fraction of sp³-hybridized carbons (Fsp3) is 0.263. The molecule has 0 saturated heterocycles. The van der Waals surface area contributed by atoms with Gasteiger partial charge in [0.2, 0.25) is 5.91 Å². The summed E-state index contributed by atoms with van der Waals surface area (Å²) in [5.74, 6) is 0.792. The van der Waals surface area contributed by atoms with Crippen LogP contribution in [0.25, 0.3) is 5.69 Å². The van der Waals surface area contributed by atoms with Gasteiger partial charge in [0.05, 0.1) is 25.3 Å². The lowest BCUT2D eigenvalue weighted by Gasteiger charge is -2.18. The molecule has 3 aromatic rings. The van der Waals surface area contributed by atoms with E-state index in [2.05, 4.69) is 27.8 Å². The molecule has 0 radical (unpaired) electrons. The molecule has 7 nitrogen and oxygen atoms in total. The lowest BCUT2D eigenvalue weighted by Crippen LogP contribution is -2.29. The van der Waals surface area contributed by atoms with E-state index in [4.69, 9.17) is 4.74 Å². The van der Waals surface area contributed by atoms with Crippen LogP contribution in [0.4, 0.5) is 0 Å². The average Bonchev–Trinajstić information content (AvgIpc) is 3.21. The van der Waals surface area contributed by atoms with Crippen molar-refractivity contribution in [3.05, 3.63) is 66.0 Å². The molecule has 2 aromatic carbocycles. The van der Waals surface area contributed by atoms with Gasteiger partial charge >= 0.3 is 0 Å². The summed E-state index contributed by atoms with van der Waals surface area (Å²) in [7, 11) is 1.64. The summed E-state index contributed by atoms with van der Waals surface area (Å²) < 4.78 is 6.75. The van der Waals surface area contributed by atoms with Gasteiger partial charge in [0.15, 0.2) is 0 Å². The molecule has 1 unspecified atom stereocenters. The number of methoxy groups -OCH3 is 1. The molecule has 1 atom stereocenters. The summed E-state index contributed by atoms with van der Waals surface area (Å²) in [4.78, 5) is 12.4. The Morgan fingerprint density at radius 1 is 1.15 bits per heavy atom. The minimum atomic E-state index is -0.0195. The Morgan fingerprint density at radius 3 is 2.46 bits per heavy atom. The molecule has 1 N–H and O–H groups in total. The van der Waals surface area contributed by atoms with Gasteiger partial charge in [-0.1, -0.05) is 31.2 Å². The summed E-state index contributed by atoms with van der Waals surface area (Å²) >= 11 is 0. The zero-order valence-corrected chi connectivity index (χ0v) is 14.8. The SMILES string of the molecule is CCC(NC(=O)Cc1ccc(-n2cnnn2)cc1)c1ccc(OC)cc1. The Kier molecular flexibility index (Phi) is 5.58. The van der Waals surface area contributed by atoms with Crippen LogP contribution in [0.15, 0.2) is 54.9 Å². The smallest absolute Gasteiger partial charge is 0.224 e. The molecular weight excluding hydrogens is 330 g/mol. The van der Waals surface area contributed by atoms with Gasteiger partial charge in [-0.15, -0.1) is 5.10 Å². The van der Waals surface area contributed by atoms with Crippen LogP contribution in [0.5, 0.6) is 5.75 Å². The van der Waals surface area contributed by atoms with Crippen molar-refractivity contribution in [3.8, 4) is 11.4 Å². The summed E-state index contributed by atoms with van der Waals surface area (Å²) in [5.41, 5.74) is 2.85. The second-order valence-electron chi connectivity index (χ2n) is 5.90. The first-order chi connectivity index (χ1) is 12.7. The van der Waals surface area contributed by atoms with Crippen molar-refractivity contribution in [3.63, 3.8) is 0 Å². The zero-order valence-electron chi connectivity index (χ0n) is 14.8. The van der Waals surface area contributed by atoms with Gasteiger partial charge in [0.25, 0.3) is 0 Å². The highest BCUT2D eigenvalue weighted by Gasteiger charge is 2.13. The molecule has 1 heterocycles. The van der Waals surface area contributed by atoms with E-state index in [1.807, 2.05) is 48.5 Å². The molecule has 0 aliphatic carbocycles. The highest BCUT2D eigenvalue weighted by Crippen LogP contribution is 2.20. The number of nitrogens with zero attached hydrogens (tertiary/aromatic N) is 4. The maximum Gasteiger partial charge on any atom is 0.224 e. The third kappa shape index (κ3) is 4.24. The van der Waals surface area contributed by atoms with Crippen molar-refractivity contribution in [1.29, 1.82) is 0 Å². The molecule has 134 valence electrons. The number of carbonyl (C=O) groups is 1. The third-order valence-corrected chi connectivity index (χ3v) is 4.18. The predicted molar refractivity (Wildman–Crippen MR) is 97.0 cm³/mol. The van der Waals surface area contributed by atoms with Gasteiger partial charge in [0.1, 0.15) is 12.1 Å². The Morgan fingerprint density at radius 2 is 1.88 bits per heavy atom. The van der Waals surface area contributed by atoms with E-state index >= 15 is 0 Å². The Labute approximate surface area is 152 Å². The van der Waals surface area contributed by atoms with Crippen LogP contribution >= 0.6 is 0 Å². The van der Waals surface area contributed by atoms with Gasteiger partial charge < -0.3 is 10.1 Å². The summed E-state index contributed by atoms with van der Waals surface area (Å²) in [5, 5.41) is 14.2. The van der Waals surface area contributed by atoms with Crippen LogP contribution in [-0.4, -0.2) is 33.2 Å². The molecule has 0 aliphatic heterocycles. The first-order valence-corrected chi connectivity index (χ1v) is 8.45. The van der Waals surface area contributed by atoms with Crippen molar-refractivity contribution in [2.24, 2.45) is 0 Å². The summed E-state index contributed by atoms with van der Waals surface area (Å²) in [6.07, 6.45) is 2.67. The van der Waals surface area contributed by atoms with Crippen molar-refractivity contribution in [1.82, 2.24) is 25.5 Å². The van der Waals surface area contributed by atoms with E-state index in [1.54, 1.807) is 11.8 Å². The molecule has 0 aliphatic rings. The van der Waals surface area contributed by atoms with Crippen LogP contribution < -0.4 is 10.1 Å². The number of benzene rings is 2. The number of hydrogen-bond acceptors (Lipinski definition) is 5. The Balaban J connectivity index is 1.61. The third-order valence-electron chi connectivity index (χ3n) is 4.18. The minimum Gasteiger partial charge on any atom is -0.497 e. The predicted octanol–water partition coefficient (Wildman–Crippen LogP) is 2.48. The molecule has 3 rings (SSSR count). The van der Waals surface area contributed by atoms with Crippen molar-refractivity contribution >= 4 is 5.91 Å². The fourth-order valence-electron chi connectivity index (χ4n) is 2.73. The molecular formula is C19H21N5O2. The Hall–Kier alpha value is -3.22. The maximum atomic E-state index is 12.4. The van der Waals surface area contributed by atoms with E-state index in [0.717, 1.165) is 29.0 Å². The molecule has 0 spiro atoms. The van der Waals surface area contributed by atoms with Crippen molar-refractivity contribution in [2.45, 2.75) is 25.8 Å². The quantitative estimate of drug-likeness (QED) is 0.707. The van der Waals surface area contributed by atoms with Gasteiger partial charge in [-0.25, -0.2) is 4.68 Å². The van der Waals surface area contributed by atoms with Gasteiger partial charge in [-0.2, -0.15) is 0 Å². The van der Waals surface area contributed by atoms with Crippen LogP contribution in [-0.2, 0) is 11.2 Å². The van der Waals surface area contributed by atoms with Crippen molar-refractivity contribution in [2.75, 3.05) is 7.11 Å². The number of aromatic nitrogens is 4. The van der Waals surface area contributed by atoms with Gasteiger partial charge in [-0.3, -0.25) is 4.79 Å². The number of ether oxygens (including phenoxy) is 1. The monoisotopic (exact) mass is 351 g/mol. The topological polar surface area (TPSA) is 81.9 Å². The molecule has 26 heavy (non-hydrogen) atoms. The number of nitrogens with one attached hydrogen (secondary N) is 1. The minimum absolute atomic E-state index is 0.0113. The summed E-state index contributed by atoms with van der Waals surface area (Å²) in [6, 6.07) is 15.3. The molecule has 1 aromatic heterocycles. The second-order valence-corrected chi connectivity index (χ2v) is 5.90. The number of rotatable bonds is 7. The lowest BCUT2D eigenvalue weighted by atomic mass is 10.0.